The van der Waals surface area contributed by atoms with Crippen molar-refractivity contribution in [3.8, 4) is 34.1 Å². The number of carbonyl (C=O) groups excluding carboxylic acids is 5. The maximum Gasteiger partial charge on any atom is 0.419 e. The number of rotatable bonds is 9. The number of fused-ring (bicyclic) bond motifs is 8. The van der Waals surface area contributed by atoms with E-state index in [9.17, 15) is 44.1 Å². The lowest BCUT2D eigenvalue weighted by atomic mass is 9.95. The van der Waals surface area contributed by atoms with E-state index >= 15 is 0 Å². The van der Waals surface area contributed by atoms with E-state index in [1.807, 2.05) is 33.9 Å². The number of aromatic hydroxyl groups is 2. The van der Waals surface area contributed by atoms with Gasteiger partial charge in [0.1, 0.15) is 23.4 Å². The van der Waals surface area contributed by atoms with Gasteiger partial charge >= 0.3 is 12.1 Å². The Kier molecular flexibility index (Phi) is 16.1. The molecular formula is C52H60Cl4N4O12Si2. The van der Waals surface area contributed by atoms with Gasteiger partial charge in [0.25, 0.3) is 22.5 Å². The Morgan fingerprint density at radius 3 is 1.78 bits per heavy atom. The maximum absolute atomic E-state index is 14.9. The first-order valence-corrected chi connectivity index (χ1v) is 30.7. The lowest BCUT2D eigenvalue weighted by molar-refractivity contribution is -0.142. The Morgan fingerprint density at radius 1 is 0.716 bits per heavy atom. The number of phenols is 2. The first-order valence-electron chi connectivity index (χ1n) is 23.4. The summed E-state index contributed by atoms with van der Waals surface area (Å²) in [6.07, 6.45) is 0.158. The maximum atomic E-state index is 14.9. The zero-order valence-corrected chi connectivity index (χ0v) is 48.2. The molecule has 1 aromatic heterocycles. The van der Waals surface area contributed by atoms with Crippen LogP contribution in [0.15, 0.2) is 60.8 Å². The third-order valence-corrected chi connectivity index (χ3v) is 23.3. The van der Waals surface area contributed by atoms with Crippen molar-refractivity contribution in [1.29, 1.82) is 0 Å². The Balaban J connectivity index is 1.71. The molecule has 3 heterocycles. The second-order valence-electron chi connectivity index (χ2n) is 22.3. The quantitative estimate of drug-likeness (QED) is 0.0460. The van der Waals surface area contributed by atoms with Gasteiger partial charge in [-0.25, -0.2) is 9.59 Å². The molecule has 22 heteroatoms. The molecule has 0 saturated heterocycles. The fourth-order valence-electron chi connectivity index (χ4n) is 7.40. The number of ether oxygens (including phenoxy) is 1. The second kappa shape index (κ2) is 20.7. The minimum Gasteiger partial charge on any atom is -0.541 e. The van der Waals surface area contributed by atoms with Crippen molar-refractivity contribution in [2.75, 3.05) is 0 Å². The molecule has 0 unspecified atom stereocenters. The molecule has 74 heavy (non-hydrogen) atoms. The van der Waals surface area contributed by atoms with E-state index in [0.29, 0.717) is 22.3 Å². The van der Waals surface area contributed by atoms with Crippen LogP contribution in [0.25, 0.3) is 22.0 Å². The minimum absolute atomic E-state index is 0.0254. The number of ketones is 1. The number of carbonyl (C=O) groups is 6. The van der Waals surface area contributed by atoms with Crippen molar-refractivity contribution in [2.45, 2.75) is 129 Å². The number of benzene rings is 4. The van der Waals surface area contributed by atoms with Gasteiger partial charge < -0.3 is 44.9 Å². The smallest absolute Gasteiger partial charge is 0.419 e. The van der Waals surface area contributed by atoms with E-state index in [-0.39, 0.29) is 63.7 Å². The van der Waals surface area contributed by atoms with Crippen LogP contribution in [-0.2, 0) is 30.3 Å². The first-order chi connectivity index (χ1) is 33.9. The Hall–Kier alpha value is -5.77. The molecule has 6 N–H and O–H groups in total. The summed E-state index contributed by atoms with van der Waals surface area (Å²) in [6.45, 7) is 25.5. The summed E-state index contributed by atoms with van der Waals surface area (Å²) < 4.78 is 21.4. The van der Waals surface area contributed by atoms with E-state index in [1.54, 1.807) is 45.0 Å². The monoisotopic (exact) mass is 1130 g/mol. The molecule has 3 atom stereocenters. The minimum atomic E-state index is -2.80. The van der Waals surface area contributed by atoms with E-state index in [1.165, 1.54) is 16.8 Å². The highest BCUT2D eigenvalue weighted by molar-refractivity contribution is 6.75. The average Bonchev–Trinajstić information content (AvgIpc) is 3.63. The Morgan fingerprint density at radius 2 is 1.26 bits per heavy atom. The van der Waals surface area contributed by atoms with E-state index in [4.69, 9.17) is 60.0 Å². The average molecular weight is 1130 g/mol. The molecule has 2 aliphatic heterocycles. The Labute approximate surface area is 451 Å². The number of aromatic nitrogens is 1. The predicted molar refractivity (Wildman–Crippen MR) is 290 cm³/mol. The van der Waals surface area contributed by atoms with E-state index in [2.05, 4.69) is 49.8 Å². The summed E-state index contributed by atoms with van der Waals surface area (Å²) >= 11 is 25.0. The third kappa shape index (κ3) is 12.2. The summed E-state index contributed by atoms with van der Waals surface area (Å²) in [5.74, 6) is -6.87. The van der Waals surface area contributed by atoms with Crippen molar-refractivity contribution >= 4 is 110 Å². The zero-order chi connectivity index (χ0) is 55.5. The standard InChI is InChI=1S/C52H60Cl4N4O12Si2/c1-50(2,3)70-49(69)60-24-29-21-36(57-47(66)41(61)28-19-34(55)43(63)35(56)20-28)45(64)58-39(27-17-32(53)42(62)33(54)18-27)46(65)59-40(48(67)68)26-16-31(25-14-15-30(29)37(60)22-25)44(72-74(12,13)52(7,8)9)38(23-26)71-73(10,11)51(4,5)6/h14-20,22-24,36,39-40,62-63H,21H2,1-13H3,(H,57,66)(H,58,64)(H,59,65)(H,67,68)/t36-,39-,40-/m1/s1. The SMILES string of the molecule is CC(C)(C)OC(=O)n1cc2c3ccc(cc31)-c1cc(cc(O[Si](C)(C)C(C)(C)C)c1O[Si](C)(C)C(C)(C)C)[C@H](C(=O)O)NC(=O)[C@@H](c1cc(Cl)c(O)c(Cl)c1)NC(=O)[C@H](NC(=O)C(=O)c1cc(Cl)c(O)c(Cl)c1)C2. The number of aliphatic carboxylic acids is 1. The summed E-state index contributed by atoms with van der Waals surface area (Å²) in [5.41, 5.74) is -0.115. The van der Waals surface area contributed by atoms with Gasteiger partial charge in [0, 0.05) is 29.1 Å². The Bertz CT molecular complexity index is 3090. The second-order valence-corrected chi connectivity index (χ2v) is 33.3. The van der Waals surface area contributed by atoms with Crippen LogP contribution in [0.5, 0.6) is 23.0 Å². The van der Waals surface area contributed by atoms with Gasteiger partial charge in [-0.3, -0.25) is 23.7 Å². The molecule has 0 fully saturated rings. The van der Waals surface area contributed by atoms with Crippen LogP contribution in [0.4, 0.5) is 4.79 Å². The van der Waals surface area contributed by atoms with Crippen LogP contribution in [0.3, 0.4) is 0 Å². The highest BCUT2D eigenvalue weighted by Gasteiger charge is 2.44. The molecule has 6 bridgehead atoms. The van der Waals surface area contributed by atoms with Gasteiger partial charge in [0.05, 0.1) is 25.6 Å². The summed E-state index contributed by atoms with van der Waals surface area (Å²) in [7, 11) is -5.58. The van der Waals surface area contributed by atoms with Gasteiger partial charge in [-0.15, -0.1) is 0 Å². The fraction of sp³-hybridized carbons (Fsp3) is 0.385. The molecular weight excluding hydrogens is 1070 g/mol. The molecule has 0 radical (unpaired) electrons. The third-order valence-electron chi connectivity index (χ3n) is 13.5. The summed E-state index contributed by atoms with van der Waals surface area (Å²) in [4.78, 5) is 85.5. The molecule has 0 spiro atoms. The number of amides is 3. The molecule has 3 amide bonds. The van der Waals surface area contributed by atoms with Crippen LogP contribution in [0.2, 0.25) is 56.4 Å². The van der Waals surface area contributed by atoms with Crippen LogP contribution in [0.1, 0.15) is 101 Å². The lowest BCUT2D eigenvalue weighted by Gasteiger charge is -2.40. The number of carboxylic acids is 1. The van der Waals surface area contributed by atoms with Crippen molar-refractivity contribution in [2.24, 2.45) is 0 Å². The molecule has 396 valence electrons. The molecule has 16 nitrogen and oxygen atoms in total. The van der Waals surface area contributed by atoms with Crippen molar-refractivity contribution in [3.05, 3.63) is 103 Å². The number of nitrogens with zero attached hydrogens (tertiary/aromatic N) is 1. The first kappa shape index (κ1) is 57.5. The highest BCUT2D eigenvalue weighted by atomic mass is 35.5. The van der Waals surface area contributed by atoms with Gasteiger partial charge in [-0.1, -0.05) is 100 Å². The van der Waals surface area contributed by atoms with Crippen molar-refractivity contribution < 1.29 is 57.7 Å². The van der Waals surface area contributed by atoms with Crippen molar-refractivity contribution in [1.82, 2.24) is 20.5 Å². The fourth-order valence-corrected chi connectivity index (χ4v) is 10.4. The summed E-state index contributed by atoms with van der Waals surface area (Å²) in [5, 5.41) is 37.7. The van der Waals surface area contributed by atoms with Crippen LogP contribution in [-0.4, -0.2) is 83.7 Å². The molecule has 7 rings (SSSR count). The van der Waals surface area contributed by atoms with E-state index < -0.39 is 93.8 Å². The number of phenolic OH excluding ortho intramolecular Hbond substituents is 2. The molecule has 0 aliphatic carbocycles. The molecule has 2 aliphatic rings. The number of Topliss-reactive ketones (excluding diaryl/α,β-unsaturated/α-hetero) is 1. The predicted octanol–water partition coefficient (Wildman–Crippen LogP) is 11.9. The highest BCUT2D eigenvalue weighted by Crippen LogP contribution is 2.49. The van der Waals surface area contributed by atoms with Gasteiger partial charge in [-0.05, 0) is 122 Å². The topological polar surface area (TPSA) is 232 Å². The molecule has 5 aromatic rings. The number of hydrogen-bond acceptors (Lipinski definition) is 11. The van der Waals surface area contributed by atoms with Gasteiger partial charge in [0.2, 0.25) is 17.6 Å². The van der Waals surface area contributed by atoms with Gasteiger partial charge in [-0.2, -0.15) is 0 Å². The normalized spacial score (nSPS) is 16.9. The molecule has 0 saturated carbocycles. The number of hydrogen-bond donors (Lipinski definition) is 6. The van der Waals surface area contributed by atoms with Gasteiger partial charge in [0.15, 0.2) is 23.3 Å². The van der Waals surface area contributed by atoms with Crippen LogP contribution >= 0.6 is 46.4 Å². The number of halogens is 4. The lowest BCUT2D eigenvalue weighted by Crippen LogP contribution is -2.53. The summed E-state index contributed by atoms with van der Waals surface area (Å²) in [6, 6.07) is 7.01. The zero-order valence-electron chi connectivity index (χ0n) is 43.2. The van der Waals surface area contributed by atoms with E-state index in [0.717, 1.165) is 24.3 Å². The van der Waals surface area contributed by atoms with Crippen LogP contribution in [0, 0.1) is 0 Å². The van der Waals surface area contributed by atoms with Crippen LogP contribution < -0.4 is 24.8 Å². The number of nitrogens with one attached hydrogen (secondary N) is 3. The molecule has 4 aromatic carbocycles. The largest absolute Gasteiger partial charge is 0.541 e. The van der Waals surface area contributed by atoms with Crippen molar-refractivity contribution in [3.63, 3.8) is 0 Å². The number of carboxylic acid groups (broad SMARTS) is 1.